The van der Waals surface area contributed by atoms with Gasteiger partial charge < -0.3 is 15.7 Å². The number of benzene rings is 1. The maximum absolute atomic E-state index is 12.5. The predicted octanol–water partition coefficient (Wildman–Crippen LogP) is 1.57. The van der Waals surface area contributed by atoms with Gasteiger partial charge in [0.15, 0.2) is 6.04 Å². The summed E-state index contributed by atoms with van der Waals surface area (Å²) in [6, 6.07) is 5.82. The highest BCUT2D eigenvalue weighted by molar-refractivity contribution is 5.88. The van der Waals surface area contributed by atoms with Gasteiger partial charge in [-0.1, -0.05) is 38.1 Å². The van der Waals surface area contributed by atoms with E-state index in [4.69, 9.17) is 5.73 Å². The van der Waals surface area contributed by atoms with Crippen LogP contribution >= 0.6 is 0 Å². The van der Waals surface area contributed by atoms with Gasteiger partial charge in [0.1, 0.15) is 0 Å². The number of amides is 1. The first-order valence-electron chi connectivity index (χ1n) is 7.28. The molecule has 21 heavy (non-hydrogen) atoms. The molecule has 1 amide bonds. The molecule has 1 unspecified atom stereocenters. The van der Waals surface area contributed by atoms with E-state index in [-0.39, 0.29) is 5.91 Å². The Morgan fingerprint density at radius 2 is 2.05 bits per heavy atom. The molecule has 0 saturated carbocycles. The normalized spacial score (nSPS) is 19.2. The highest BCUT2D eigenvalue weighted by atomic mass is 16.4. The number of nitrogens with zero attached hydrogens (tertiary/aromatic N) is 1. The van der Waals surface area contributed by atoms with Gasteiger partial charge in [-0.05, 0) is 29.9 Å². The SMILES string of the molecule is CC(C)C[C@@H](N)C(=O)N1CCc2ccccc2C1C(=O)O. The van der Waals surface area contributed by atoms with Crippen LogP contribution in [0.2, 0.25) is 0 Å². The van der Waals surface area contributed by atoms with Crippen LogP contribution in [0.3, 0.4) is 0 Å². The molecular formula is C16H22N2O3. The molecule has 0 aromatic heterocycles. The van der Waals surface area contributed by atoms with Crippen molar-refractivity contribution in [1.82, 2.24) is 4.90 Å². The van der Waals surface area contributed by atoms with Crippen molar-refractivity contribution in [3.05, 3.63) is 35.4 Å². The second kappa shape index (κ2) is 6.26. The maximum atomic E-state index is 12.5. The van der Waals surface area contributed by atoms with E-state index >= 15 is 0 Å². The average molecular weight is 290 g/mol. The Morgan fingerprint density at radius 1 is 1.38 bits per heavy atom. The van der Waals surface area contributed by atoms with E-state index in [1.165, 1.54) is 4.90 Å². The standard InChI is InChI=1S/C16H22N2O3/c1-10(2)9-13(17)15(19)18-8-7-11-5-3-4-6-12(11)14(18)16(20)21/h3-6,10,13-14H,7-9,17H2,1-2H3,(H,20,21)/t13-,14?/m1/s1. The van der Waals surface area contributed by atoms with Crippen molar-refractivity contribution >= 4 is 11.9 Å². The first-order chi connectivity index (χ1) is 9.91. The van der Waals surface area contributed by atoms with Crippen molar-refractivity contribution in [2.45, 2.75) is 38.8 Å². The Kier molecular flexibility index (Phi) is 4.63. The number of carbonyl (C=O) groups excluding carboxylic acids is 1. The van der Waals surface area contributed by atoms with E-state index in [9.17, 15) is 14.7 Å². The summed E-state index contributed by atoms with van der Waals surface area (Å²) in [5.74, 6) is -0.984. The van der Waals surface area contributed by atoms with Crippen LogP contribution in [-0.2, 0) is 16.0 Å². The van der Waals surface area contributed by atoms with Crippen LogP contribution < -0.4 is 5.73 Å². The van der Waals surface area contributed by atoms with Crippen LogP contribution in [0.4, 0.5) is 0 Å². The molecule has 1 aromatic carbocycles. The van der Waals surface area contributed by atoms with Gasteiger partial charge in [0.05, 0.1) is 6.04 Å². The molecule has 114 valence electrons. The molecule has 0 aliphatic carbocycles. The van der Waals surface area contributed by atoms with E-state index in [1.807, 2.05) is 26.0 Å². The number of hydrogen-bond acceptors (Lipinski definition) is 3. The summed E-state index contributed by atoms with van der Waals surface area (Å²) in [5, 5.41) is 9.53. The number of carboxylic acid groups (broad SMARTS) is 1. The maximum Gasteiger partial charge on any atom is 0.331 e. The number of carbonyl (C=O) groups is 2. The lowest BCUT2D eigenvalue weighted by atomic mass is 9.91. The van der Waals surface area contributed by atoms with Crippen molar-refractivity contribution in [1.29, 1.82) is 0 Å². The topological polar surface area (TPSA) is 83.6 Å². The smallest absolute Gasteiger partial charge is 0.331 e. The Balaban J connectivity index is 2.28. The molecule has 0 bridgehead atoms. The molecule has 0 spiro atoms. The molecule has 0 fully saturated rings. The van der Waals surface area contributed by atoms with Crippen molar-refractivity contribution in [3.8, 4) is 0 Å². The molecule has 0 radical (unpaired) electrons. The zero-order valence-electron chi connectivity index (χ0n) is 12.5. The predicted molar refractivity (Wildman–Crippen MR) is 79.7 cm³/mol. The molecular weight excluding hydrogens is 268 g/mol. The van der Waals surface area contributed by atoms with Crippen molar-refractivity contribution in [2.24, 2.45) is 11.7 Å². The first kappa shape index (κ1) is 15.5. The van der Waals surface area contributed by atoms with Crippen LogP contribution in [0, 0.1) is 5.92 Å². The summed E-state index contributed by atoms with van der Waals surface area (Å²) in [7, 11) is 0. The fraction of sp³-hybridized carbons (Fsp3) is 0.500. The molecule has 5 nitrogen and oxygen atoms in total. The second-order valence-corrected chi connectivity index (χ2v) is 5.96. The molecule has 1 aliphatic heterocycles. The van der Waals surface area contributed by atoms with Gasteiger partial charge in [-0.25, -0.2) is 4.79 Å². The summed E-state index contributed by atoms with van der Waals surface area (Å²) in [5.41, 5.74) is 7.63. The minimum absolute atomic E-state index is 0.273. The van der Waals surface area contributed by atoms with E-state index in [0.717, 1.165) is 5.56 Å². The summed E-state index contributed by atoms with van der Waals surface area (Å²) in [6.45, 7) is 4.39. The summed E-state index contributed by atoms with van der Waals surface area (Å²) in [6.07, 6.45) is 1.23. The van der Waals surface area contributed by atoms with Gasteiger partial charge in [0.25, 0.3) is 0 Å². The van der Waals surface area contributed by atoms with Crippen LogP contribution in [0.1, 0.15) is 37.4 Å². The second-order valence-electron chi connectivity index (χ2n) is 5.96. The van der Waals surface area contributed by atoms with Gasteiger partial charge in [-0.15, -0.1) is 0 Å². The van der Waals surface area contributed by atoms with E-state index in [2.05, 4.69) is 0 Å². The van der Waals surface area contributed by atoms with Crippen LogP contribution in [0.15, 0.2) is 24.3 Å². The summed E-state index contributed by atoms with van der Waals surface area (Å²) >= 11 is 0. The van der Waals surface area contributed by atoms with Gasteiger partial charge in [-0.3, -0.25) is 4.79 Å². The largest absolute Gasteiger partial charge is 0.479 e. The third-order valence-corrected chi connectivity index (χ3v) is 3.84. The van der Waals surface area contributed by atoms with Crippen molar-refractivity contribution in [3.63, 3.8) is 0 Å². The summed E-state index contributed by atoms with van der Waals surface area (Å²) in [4.78, 5) is 25.6. The lowest BCUT2D eigenvalue weighted by molar-refractivity contribution is -0.151. The Bertz CT molecular complexity index is 542. The molecule has 5 heteroatoms. The van der Waals surface area contributed by atoms with Crippen LogP contribution in [-0.4, -0.2) is 34.5 Å². The number of hydrogen-bond donors (Lipinski definition) is 2. The Labute approximate surface area is 124 Å². The molecule has 1 heterocycles. The Morgan fingerprint density at radius 3 is 2.67 bits per heavy atom. The van der Waals surface area contributed by atoms with Crippen molar-refractivity contribution in [2.75, 3.05) is 6.54 Å². The third kappa shape index (κ3) is 3.24. The fourth-order valence-corrected chi connectivity index (χ4v) is 2.89. The lowest BCUT2D eigenvalue weighted by Crippen LogP contribution is -2.50. The van der Waals surface area contributed by atoms with E-state index in [1.54, 1.807) is 12.1 Å². The van der Waals surface area contributed by atoms with Gasteiger partial charge >= 0.3 is 5.97 Å². The third-order valence-electron chi connectivity index (χ3n) is 3.84. The van der Waals surface area contributed by atoms with E-state index < -0.39 is 18.1 Å². The number of rotatable bonds is 4. The van der Waals surface area contributed by atoms with Crippen LogP contribution in [0.5, 0.6) is 0 Å². The molecule has 2 atom stereocenters. The van der Waals surface area contributed by atoms with Crippen molar-refractivity contribution < 1.29 is 14.7 Å². The zero-order chi connectivity index (χ0) is 15.6. The summed E-state index contributed by atoms with van der Waals surface area (Å²) < 4.78 is 0. The van der Waals surface area contributed by atoms with Gasteiger partial charge in [-0.2, -0.15) is 0 Å². The monoisotopic (exact) mass is 290 g/mol. The average Bonchev–Trinajstić information content (AvgIpc) is 2.44. The number of nitrogens with two attached hydrogens (primary N) is 1. The zero-order valence-corrected chi connectivity index (χ0v) is 12.5. The number of fused-ring (bicyclic) bond motifs is 1. The minimum atomic E-state index is -1.01. The highest BCUT2D eigenvalue weighted by Crippen LogP contribution is 2.30. The minimum Gasteiger partial charge on any atom is -0.479 e. The fourth-order valence-electron chi connectivity index (χ4n) is 2.89. The molecule has 0 saturated heterocycles. The van der Waals surface area contributed by atoms with Gasteiger partial charge in [0, 0.05) is 6.54 Å². The van der Waals surface area contributed by atoms with E-state index in [0.29, 0.717) is 30.9 Å². The number of aliphatic carboxylic acids is 1. The first-order valence-corrected chi connectivity index (χ1v) is 7.28. The highest BCUT2D eigenvalue weighted by Gasteiger charge is 2.37. The van der Waals surface area contributed by atoms with Crippen LogP contribution in [0.25, 0.3) is 0 Å². The molecule has 2 rings (SSSR count). The number of carboxylic acids is 1. The van der Waals surface area contributed by atoms with Gasteiger partial charge in [0.2, 0.25) is 5.91 Å². The molecule has 1 aliphatic rings. The Hall–Kier alpha value is -1.88. The lowest BCUT2D eigenvalue weighted by Gasteiger charge is -2.36. The molecule has 3 N–H and O–H groups in total. The quantitative estimate of drug-likeness (QED) is 0.881. The molecule has 1 aromatic rings.